The Morgan fingerprint density at radius 3 is 1.88 bits per heavy atom. The van der Waals surface area contributed by atoms with E-state index < -0.39 is 0 Å². The average molecular weight is 211 g/mol. The van der Waals surface area contributed by atoms with Crippen molar-refractivity contribution in [3.05, 3.63) is 71.3 Å². The monoisotopic (exact) mass is 211 g/mol. The number of hydrogen-bond acceptors (Lipinski definition) is 1. The Balaban J connectivity index is 2.05. The lowest BCUT2D eigenvalue weighted by Gasteiger charge is -2.03. The Kier molecular flexibility index (Phi) is 3.73. The Labute approximate surface area is 96.9 Å². The fraction of sp³-hybridized carbons (Fsp3) is 0.200. The quantitative estimate of drug-likeness (QED) is 0.826. The van der Waals surface area contributed by atoms with Crippen molar-refractivity contribution in [1.82, 2.24) is 0 Å². The minimum atomic E-state index is 0.720. The van der Waals surface area contributed by atoms with Crippen LogP contribution in [0.1, 0.15) is 16.7 Å². The Hall–Kier alpha value is -1.60. The van der Waals surface area contributed by atoms with Gasteiger partial charge in [-0.05, 0) is 36.1 Å². The summed E-state index contributed by atoms with van der Waals surface area (Å²) in [6, 6.07) is 19.3. The van der Waals surface area contributed by atoms with E-state index in [1.807, 2.05) is 6.07 Å². The van der Waals surface area contributed by atoms with Crippen molar-refractivity contribution in [2.45, 2.75) is 12.8 Å². The molecule has 0 spiro atoms. The highest BCUT2D eigenvalue weighted by molar-refractivity contribution is 5.28. The lowest BCUT2D eigenvalue weighted by Crippen LogP contribution is -2.02. The van der Waals surface area contributed by atoms with Gasteiger partial charge in [0.25, 0.3) is 0 Å². The summed E-state index contributed by atoms with van der Waals surface area (Å²) in [7, 11) is 0. The van der Waals surface area contributed by atoms with Crippen LogP contribution < -0.4 is 5.73 Å². The molecule has 1 nitrogen and oxygen atoms in total. The maximum Gasteiger partial charge on any atom is -0.00258 e. The maximum absolute atomic E-state index is 5.52. The molecule has 0 fully saturated rings. The number of rotatable bonds is 4. The Morgan fingerprint density at radius 2 is 1.25 bits per heavy atom. The van der Waals surface area contributed by atoms with Crippen LogP contribution in [0.15, 0.2) is 54.6 Å². The summed E-state index contributed by atoms with van der Waals surface area (Å²) < 4.78 is 0. The van der Waals surface area contributed by atoms with E-state index in [4.69, 9.17) is 5.73 Å². The molecule has 0 aliphatic rings. The van der Waals surface area contributed by atoms with Crippen LogP contribution in [0.2, 0.25) is 0 Å². The van der Waals surface area contributed by atoms with Gasteiger partial charge in [0.2, 0.25) is 0 Å². The summed E-state index contributed by atoms with van der Waals surface area (Å²) in [4.78, 5) is 0. The third-order valence-corrected chi connectivity index (χ3v) is 2.71. The van der Waals surface area contributed by atoms with Crippen molar-refractivity contribution in [2.75, 3.05) is 6.54 Å². The summed E-state index contributed by atoms with van der Waals surface area (Å²) in [5.74, 6) is 0. The first-order valence-corrected chi connectivity index (χ1v) is 5.70. The summed E-state index contributed by atoms with van der Waals surface area (Å²) in [6.07, 6.45) is 1.97. The van der Waals surface area contributed by atoms with Gasteiger partial charge in [-0.2, -0.15) is 0 Å². The van der Waals surface area contributed by atoms with E-state index in [0.717, 1.165) is 19.4 Å². The van der Waals surface area contributed by atoms with Gasteiger partial charge in [-0.25, -0.2) is 0 Å². The van der Waals surface area contributed by atoms with E-state index in [0.29, 0.717) is 0 Å². The molecule has 0 radical (unpaired) electrons. The minimum absolute atomic E-state index is 0.720. The standard InChI is InChI=1S/C15H17N/c16-11-10-13-6-8-15(9-7-13)12-14-4-2-1-3-5-14/h1-9H,10-12,16H2. The zero-order valence-corrected chi connectivity index (χ0v) is 9.39. The molecular weight excluding hydrogens is 194 g/mol. The Bertz CT molecular complexity index is 417. The predicted molar refractivity (Wildman–Crippen MR) is 68.4 cm³/mol. The molecule has 2 aromatic carbocycles. The van der Waals surface area contributed by atoms with Crippen LogP contribution in [-0.4, -0.2) is 6.54 Å². The third kappa shape index (κ3) is 2.94. The molecule has 0 saturated heterocycles. The van der Waals surface area contributed by atoms with E-state index in [2.05, 4.69) is 48.5 Å². The molecule has 1 heteroatoms. The molecule has 0 heterocycles. The zero-order chi connectivity index (χ0) is 11.2. The third-order valence-electron chi connectivity index (χ3n) is 2.71. The maximum atomic E-state index is 5.52. The first-order valence-electron chi connectivity index (χ1n) is 5.70. The van der Waals surface area contributed by atoms with Crippen molar-refractivity contribution < 1.29 is 0 Å². The second-order valence-electron chi connectivity index (χ2n) is 4.02. The smallest absolute Gasteiger partial charge is 0.00258 e. The highest BCUT2D eigenvalue weighted by atomic mass is 14.5. The van der Waals surface area contributed by atoms with Crippen molar-refractivity contribution in [3.63, 3.8) is 0 Å². The van der Waals surface area contributed by atoms with Crippen LogP contribution in [0.5, 0.6) is 0 Å². The number of hydrogen-bond donors (Lipinski definition) is 1. The molecule has 0 atom stereocenters. The van der Waals surface area contributed by atoms with Crippen LogP contribution >= 0.6 is 0 Å². The lowest BCUT2D eigenvalue weighted by atomic mass is 10.0. The summed E-state index contributed by atoms with van der Waals surface area (Å²) in [6.45, 7) is 0.720. The van der Waals surface area contributed by atoms with E-state index in [-0.39, 0.29) is 0 Å². The van der Waals surface area contributed by atoms with Gasteiger partial charge in [0, 0.05) is 0 Å². The number of benzene rings is 2. The lowest BCUT2D eigenvalue weighted by molar-refractivity contribution is 0.966. The van der Waals surface area contributed by atoms with Gasteiger partial charge < -0.3 is 5.73 Å². The van der Waals surface area contributed by atoms with Crippen molar-refractivity contribution >= 4 is 0 Å². The first kappa shape index (κ1) is 10.9. The van der Waals surface area contributed by atoms with Crippen LogP contribution in [0, 0.1) is 0 Å². The fourth-order valence-electron chi connectivity index (χ4n) is 1.82. The van der Waals surface area contributed by atoms with Crippen molar-refractivity contribution in [1.29, 1.82) is 0 Å². The van der Waals surface area contributed by atoms with Gasteiger partial charge in [-0.15, -0.1) is 0 Å². The second kappa shape index (κ2) is 5.47. The average Bonchev–Trinajstić information content (AvgIpc) is 2.33. The van der Waals surface area contributed by atoms with Crippen LogP contribution in [0.25, 0.3) is 0 Å². The zero-order valence-electron chi connectivity index (χ0n) is 9.39. The summed E-state index contributed by atoms with van der Waals surface area (Å²) in [5, 5.41) is 0. The largest absolute Gasteiger partial charge is 0.330 e. The molecule has 0 saturated carbocycles. The second-order valence-corrected chi connectivity index (χ2v) is 4.02. The van der Waals surface area contributed by atoms with Gasteiger partial charge in [0.15, 0.2) is 0 Å². The van der Waals surface area contributed by atoms with Crippen molar-refractivity contribution in [2.24, 2.45) is 5.73 Å². The van der Waals surface area contributed by atoms with E-state index in [9.17, 15) is 0 Å². The summed E-state index contributed by atoms with van der Waals surface area (Å²) >= 11 is 0. The molecule has 2 N–H and O–H groups in total. The van der Waals surface area contributed by atoms with E-state index in [1.165, 1.54) is 16.7 Å². The van der Waals surface area contributed by atoms with Crippen LogP contribution in [-0.2, 0) is 12.8 Å². The minimum Gasteiger partial charge on any atom is -0.330 e. The first-order chi connectivity index (χ1) is 7.88. The van der Waals surface area contributed by atoms with Gasteiger partial charge in [-0.1, -0.05) is 54.6 Å². The van der Waals surface area contributed by atoms with Gasteiger partial charge in [0.05, 0.1) is 0 Å². The van der Waals surface area contributed by atoms with E-state index in [1.54, 1.807) is 0 Å². The molecule has 0 aliphatic heterocycles. The highest BCUT2D eigenvalue weighted by Crippen LogP contribution is 2.10. The highest BCUT2D eigenvalue weighted by Gasteiger charge is 1.96. The molecule has 0 unspecified atom stereocenters. The molecule has 0 bridgehead atoms. The SMILES string of the molecule is NCCc1ccc(Cc2ccccc2)cc1. The topological polar surface area (TPSA) is 26.0 Å². The molecule has 2 rings (SSSR count). The van der Waals surface area contributed by atoms with E-state index >= 15 is 0 Å². The van der Waals surface area contributed by atoms with Crippen LogP contribution in [0.4, 0.5) is 0 Å². The predicted octanol–water partition coefficient (Wildman–Crippen LogP) is 2.78. The molecule has 0 aromatic heterocycles. The molecule has 2 aromatic rings. The summed E-state index contributed by atoms with van der Waals surface area (Å²) in [5.41, 5.74) is 9.55. The molecule has 82 valence electrons. The molecule has 16 heavy (non-hydrogen) atoms. The molecule has 0 amide bonds. The van der Waals surface area contributed by atoms with Gasteiger partial charge in [-0.3, -0.25) is 0 Å². The van der Waals surface area contributed by atoms with Gasteiger partial charge in [0.1, 0.15) is 0 Å². The van der Waals surface area contributed by atoms with Gasteiger partial charge >= 0.3 is 0 Å². The Morgan fingerprint density at radius 1 is 0.688 bits per heavy atom. The van der Waals surface area contributed by atoms with Crippen LogP contribution in [0.3, 0.4) is 0 Å². The fourth-order valence-corrected chi connectivity index (χ4v) is 1.82. The molecular formula is C15H17N. The normalized spacial score (nSPS) is 10.3. The number of nitrogens with two attached hydrogens (primary N) is 1. The molecule has 0 aliphatic carbocycles. The van der Waals surface area contributed by atoms with Crippen molar-refractivity contribution in [3.8, 4) is 0 Å².